The Morgan fingerprint density at radius 2 is 1.96 bits per heavy atom. The fourth-order valence-corrected chi connectivity index (χ4v) is 3.46. The molecule has 0 atom stereocenters. The third-order valence-electron chi connectivity index (χ3n) is 4.75. The highest BCUT2D eigenvalue weighted by Crippen LogP contribution is 2.40. The molecule has 0 amide bonds. The molecule has 2 aromatic rings. The zero-order valence-electron chi connectivity index (χ0n) is 14.4. The highest BCUT2D eigenvalue weighted by molar-refractivity contribution is 5.79. The molecule has 0 spiro atoms. The molecule has 1 aromatic carbocycles. The Kier molecular flexibility index (Phi) is 5.13. The van der Waals surface area contributed by atoms with Gasteiger partial charge in [0.25, 0.3) is 0 Å². The molecule has 1 aliphatic carbocycles. The lowest BCUT2D eigenvalue weighted by atomic mass is 9.79. The smallest absolute Gasteiger partial charge is 0.223 e. The summed E-state index contributed by atoms with van der Waals surface area (Å²) in [4.78, 5) is 8.50. The van der Waals surface area contributed by atoms with Crippen LogP contribution in [0.25, 0.3) is 0 Å². The zero-order valence-corrected chi connectivity index (χ0v) is 14.4. The number of benzene rings is 1. The van der Waals surface area contributed by atoms with Gasteiger partial charge >= 0.3 is 0 Å². The van der Waals surface area contributed by atoms with Crippen molar-refractivity contribution in [2.24, 2.45) is 4.99 Å². The van der Waals surface area contributed by atoms with Gasteiger partial charge in [0.2, 0.25) is 5.89 Å². The second-order valence-corrected chi connectivity index (χ2v) is 6.36. The van der Waals surface area contributed by atoms with E-state index in [0.29, 0.717) is 18.3 Å². The molecular weight excluding hydrogens is 302 g/mol. The topological polar surface area (TPSA) is 75.3 Å². The number of guanidine groups is 1. The summed E-state index contributed by atoms with van der Waals surface area (Å²) in [5.74, 6) is 1.97. The van der Waals surface area contributed by atoms with Crippen molar-refractivity contribution in [1.82, 2.24) is 20.8 Å². The third kappa shape index (κ3) is 3.75. The first kappa shape index (κ1) is 16.5. The average Bonchev–Trinajstić information content (AvgIpc) is 3.26. The Labute approximate surface area is 142 Å². The molecule has 1 heterocycles. The molecule has 6 heteroatoms. The van der Waals surface area contributed by atoms with Gasteiger partial charge < -0.3 is 15.2 Å². The van der Waals surface area contributed by atoms with Crippen LogP contribution in [-0.2, 0) is 12.0 Å². The van der Waals surface area contributed by atoms with Crippen LogP contribution >= 0.6 is 0 Å². The van der Waals surface area contributed by atoms with Crippen LogP contribution in [0.15, 0.2) is 39.8 Å². The van der Waals surface area contributed by atoms with E-state index in [2.05, 4.69) is 56.1 Å². The first-order valence-electron chi connectivity index (χ1n) is 8.51. The Balaban J connectivity index is 1.61. The van der Waals surface area contributed by atoms with Gasteiger partial charge in [-0.1, -0.05) is 48.3 Å². The SMILES string of the molecule is CN=C(NCc1noc(C)n1)NCC1(c2ccccc2)CCCC1. The molecule has 2 N–H and O–H groups in total. The van der Waals surface area contributed by atoms with Crippen molar-refractivity contribution in [2.45, 2.75) is 44.6 Å². The fraction of sp³-hybridized carbons (Fsp3) is 0.500. The second-order valence-electron chi connectivity index (χ2n) is 6.36. The van der Waals surface area contributed by atoms with E-state index in [1.165, 1.54) is 31.2 Å². The number of aromatic nitrogens is 2. The van der Waals surface area contributed by atoms with E-state index in [1.807, 2.05) is 0 Å². The van der Waals surface area contributed by atoms with E-state index in [4.69, 9.17) is 4.52 Å². The molecule has 128 valence electrons. The standard InChI is InChI=1S/C18H25N5O/c1-14-22-16(23-24-14)12-20-17(19-2)21-13-18(10-6-7-11-18)15-8-4-3-5-9-15/h3-5,8-9H,6-7,10-13H2,1-2H3,(H2,19,20,21). The summed E-state index contributed by atoms with van der Waals surface area (Å²) in [5, 5.41) is 10.6. The summed E-state index contributed by atoms with van der Waals surface area (Å²) in [6.45, 7) is 3.16. The summed E-state index contributed by atoms with van der Waals surface area (Å²) in [6, 6.07) is 10.8. The first-order chi connectivity index (χ1) is 11.7. The molecule has 0 aliphatic heterocycles. The first-order valence-corrected chi connectivity index (χ1v) is 8.51. The summed E-state index contributed by atoms with van der Waals surface area (Å²) < 4.78 is 4.98. The predicted octanol–water partition coefficient (Wildman–Crippen LogP) is 2.56. The van der Waals surface area contributed by atoms with Crippen LogP contribution in [0, 0.1) is 6.92 Å². The molecule has 0 unspecified atom stereocenters. The molecule has 0 bridgehead atoms. The molecule has 1 saturated carbocycles. The van der Waals surface area contributed by atoms with Crippen molar-refractivity contribution in [3.8, 4) is 0 Å². The van der Waals surface area contributed by atoms with E-state index in [0.717, 1.165) is 12.5 Å². The molecule has 1 aromatic heterocycles. The Morgan fingerprint density at radius 3 is 2.58 bits per heavy atom. The minimum atomic E-state index is 0.196. The van der Waals surface area contributed by atoms with Crippen molar-refractivity contribution in [2.75, 3.05) is 13.6 Å². The fourth-order valence-electron chi connectivity index (χ4n) is 3.46. The van der Waals surface area contributed by atoms with Crippen molar-refractivity contribution in [3.63, 3.8) is 0 Å². The molecule has 1 aliphatic rings. The molecular formula is C18H25N5O. The van der Waals surface area contributed by atoms with Gasteiger partial charge in [-0.15, -0.1) is 0 Å². The van der Waals surface area contributed by atoms with Gasteiger partial charge in [0, 0.05) is 25.9 Å². The van der Waals surface area contributed by atoms with Gasteiger partial charge in [-0.05, 0) is 18.4 Å². The van der Waals surface area contributed by atoms with Crippen molar-refractivity contribution >= 4 is 5.96 Å². The lowest BCUT2D eigenvalue weighted by Crippen LogP contribution is -2.44. The van der Waals surface area contributed by atoms with E-state index in [1.54, 1.807) is 14.0 Å². The number of nitrogens with zero attached hydrogens (tertiary/aromatic N) is 3. The molecule has 0 saturated heterocycles. The third-order valence-corrected chi connectivity index (χ3v) is 4.75. The van der Waals surface area contributed by atoms with Crippen LogP contribution in [0.3, 0.4) is 0 Å². The molecule has 3 rings (SSSR count). The highest BCUT2D eigenvalue weighted by atomic mass is 16.5. The van der Waals surface area contributed by atoms with Gasteiger partial charge in [0.05, 0.1) is 6.54 Å². The highest BCUT2D eigenvalue weighted by Gasteiger charge is 2.35. The van der Waals surface area contributed by atoms with E-state index < -0.39 is 0 Å². The maximum absolute atomic E-state index is 4.98. The summed E-state index contributed by atoms with van der Waals surface area (Å²) >= 11 is 0. The minimum absolute atomic E-state index is 0.196. The Bertz CT molecular complexity index is 674. The van der Waals surface area contributed by atoms with Crippen molar-refractivity contribution < 1.29 is 4.52 Å². The minimum Gasteiger partial charge on any atom is -0.356 e. The molecule has 24 heavy (non-hydrogen) atoms. The van der Waals surface area contributed by atoms with Crippen LogP contribution in [-0.4, -0.2) is 29.7 Å². The molecule has 6 nitrogen and oxygen atoms in total. The number of rotatable bonds is 5. The quantitative estimate of drug-likeness (QED) is 0.652. The molecule has 0 radical (unpaired) electrons. The molecule has 1 fully saturated rings. The van der Waals surface area contributed by atoms with E-state index >= 15 is 0 Å². The summed E-state index contributed by atoms with van der Waals surface area (Å²) in [5.41, 5.74) is 1.61. The van der Waals surface area contributed by atoms with Gasteiger partial charge in [0.1, 0.15) is 0 Å². The van der Waals surface area contributed by atoms with Crippen LogP contribution in [0.1, 0.15) is 43.0 Å². The van der Waals surface area contributed by atoms with Gasteiger partial charge in [-0.25, -0.2) is 0 Å². The summed E-state index contributed by atoms with van der Waals surface area (Å²) in [7, 11) is 1.78. The number of hydrogen-bond donors (Lipinski definition) is 2. The zero-order chi connectivity index (χ0) is 16.8. The van der Waals surface area contributed by atoms with Crippen LogP contribution in [0.2, 0.25) is 0 Å². The average molecular weight is 327 g/mol. The number of nitrogens with one attached hydrogen (secondary N) is 2. The van der Waals surface area contributed by atoms with E-state index in [-0.39, 0.29) is 5.41 Å². The lowest BCUT2D eigenvalue weighted by molar-refractivity contribution is 0.386. The number of hydrogen-bond acceptors (Lipinski definition) is 4. The Morgan fingerprint density at radius 1 is 1.21 bits per heavy atom. The van der Waals surface area contributed by atoms with Gasteiger partial charge in [0.15, 0.2) is 11.8 Å². The van der Waals surface area contributed by atoms with Crippen molar-refractivity contribution in [3.05, 3.63) is 47.6 Å². The normalized spacial score (nSPS) is 17.0. The van der Waals surface area contributed by atoms with Crippen LogP contribution in [0.5, 0.6) is 0 Å². The number of aliphatic imine (C=N–C) groups is 1. The predicted molar refractivity (Wildman–Crippen MR) is 93.8 cm³/mol. The second kappa shape index (κ2) is 7.47. The lowest BCUT2D eigenvalue weighted by Gasteiger charge is -2.30. The van der Waals surface area contributed by atoms with Crippen molar-refractivity contribution in [1.29, 1.82) is 0 Å². The maximum atomic E-state index is 4.98. The largest absolute Gasteiger partial charge is 0.356 e. The van der Waals surface area contributed by atoms with E-state index in [9.17, 15) is 0 Å². The van der Waals surface area contributed by atoms with Crippen LogP contribution in [0.4, 0.5) is 0 Å². The maximum Gasteiger partial charge on any atom is 0.223 e. The monoisotopic (exact) mass is 327 g/mol. The number of aryl methyl sites for hydroxylation is 1. The van der Waals surface area contributed by atoms with Gasteiger partial charge in [-0.3, -0.25) is 4.99 Å². The van der Waals surface area contributed by atoms with Crippen LogP contribution < -0.4 is 10.6 Å². The van der Waals surface area contributed by atoms with Gasteiger partial charge in [-0.2, -0.15) is 4.98 Å². The Hall–Kier alpha value is -2.37. The summed E-state index contributed by atoms with van der Waals surface area (Å²) in [6.07, 6.45) is 4.99.